The average molecular weight is 223 g/mol. The minimum atomic E-state index is -0.315. The van der Waals surface area contributed by atoms with Crippen molar-refractivity contribution >= 4 is 5.91 Å². The van der Waals surface area contributed by atoms with E-state index in [1.165, 1.54) is 0 Å². The Bertz CT molecular complexity index is 363. The van der Waals surface area contributed by atoms with Gasteiger partial charge in [-0.05, 0) is 25.0 Å². The zero-order valence-electron chi connectivity index (χ0n) is 9.66. The summed E-state index contributed by atoms with van der Waals surface area (Å²) in [4.78, 5) is 10.7. The number of carbonyl (C=O) groups is 1. The van der Waals surface area contributed by atoms with Gasteiger partial charge in [-0.2, -0.15) is 0 Å². The molecular weight excluding hydrogens is 206 g/mol. The second-order valence-corrected chi connectivity index (χ2v) is 3.35. The molecule has 4 nitrogen and oxygen atoms in total. The van der Waals surface area contributed by atoms with Gasteiger partial charge in [-0.25, -0.2) is 0 Å². The number of hydrogen-bond acceptors (Lipinski definition) is 3. The van der Waals surface area contributed by atoms with Crippen LogP contribution in [0.2, 0.25) is 0 Å². The highest BCUT2D eigenvalue weighted by atomic mass is 16.5. The third-order valence-electron chi connectivity index (χ3n) is 2.21. The molecule has 0 fully saturated rings. The predicted octanol–water partition coefficient (Wildman–Crippen LogP) is 1.51. The van der Waals surface area contributed by atoms with E-state index in [0.29, 0.717) is 30.9 Å². The van der Waals surface area contributed by atoms with E-state index in [-0.39, 0.29) is 5.91 Å². The molecule has 0 aliphatic carbocycles. The van der Waals surface area contributed by atoms with Crippen LogP contribution in [-0.4, -0.2) is 19.6 Å². The van der Waals surface area contributed by atoms with Gasteiger partial charge in [0.2, 0.25) is 5.91 Å². The van der Waals surface area contributed by atoms with E-state index in [9.17, 15) is 4.79 Å². The molecule has 0 aliphatic heterocycles. The largest absolute Gasteiger partial charge is 0.493 e. The highest BCUT2D eigenvalue weighted by Crippen LogP contribution is 2.31. The molecule has 1 amide bonds. The van der Waals surface area contributed by atoms with Gasteiger partial charge < -0.3 is 15.2 Å². The third-order valence-corrected chi connectivity index (χ3v) is 2.21. The van der Waals surface area contributed by atoms with E-state index in [1.54, 1.807) is 7.11 Å². The molecule has 0 radical (unpaired) electrons. The fourth-order valence-corrected chi connectivity index (χ4v) is 1.48. The first-order valence-electron chi connectivity index (χ1n) is 5.26. The Hall–Kier alpha value is -1.71. The second kappa shape index (κ2) is 6.00. The Labute approximate surface area is 95.3 Å². The van der Waals surface area contributed by atoms with Gasteiger partial charge in [0.25, 0.3) is 0 Å². The summed E-state index contributed by atoms with van der Waals surface area (Å²) in [6.07, 6.45) is 0.884. The number of primary amides is 1. The molecule has 0 unspecified atom stereocenters. The molecule has 0 saturated heterocycles. The van der Waals surface area contributed by atoms with Crippen molar-refractivity contribution in [1.29, 1.82) is 0 Å². The van der Waals surface area contributed by atoms with Crippen LogP contribution >= 0.6 is 0 Å². The summed E-state index contributed by atoms with van der Waals surface area (Å²) in [6, 6.07) is 5.62. The monoisotopic (exact) mass is 223 g/mol. The van der Waals surface area contributed by atoms with Crippen LogP contribution in [0.15, 0.2) is 18.2 Å². The van der Waals surface area contributed by atoms with E-state index < -0.39 is 0 Å². The number of nitrogens with two attached hydrogens (primary N) is 1. The Morgan fingerprint density at radius 2 is 2.19 bits per heavy atom. The molecule has 1 aromatic carbocycles. The summed E-state index contributed by atoms with van der Waals surface area (Å²) in [5, 5.41) is 0. The Kier molecular flexibility index (Phi) is 4.64. The van der Waals surface area contributed by atoms with Crippen LogP contribution in [0.25, 0.3) is 0 Å². The van der Waals surface area contributed by atoms with Crippen LogP contribution < -0.4 is 15.2 Å². The van der Waals surface area contributed by atoms with E-state index in [2.05, 4.69) is 0 Å². The van der Waals surface area contributed by atoms with Crippen molar-refractivity contribution in [3.8, 4) is 11.5 Å². The molecule has 4 heteroatoms. The van der Waals surface area contributed by atoms with Crippen molar-refractivity contribution < 1.29 is 14.3 Å². The van der Waals surface area contributed by atoms with E-state index in [0.717, 1.165) is 5.56 Å². The molecular formula is C12H17NO3. The number of benzene rings is 1. The fraction of sp³-hybridized carbons (Fsp3) is 0.417. The number of carbonyl (C=O) groups excluding carboxylic acids is 1. The van der Waals surface area contributed by atoms with Gasteiger partial charge in [-0.3, -0.25) is 4.79 Å². The molecule has 0 aromatic heterocycles. The molecule has 1 aromatic rings. The number of aryl methyl sites for hydroxylation is 1. The van der Waals surface area contributed by atoms with Gasteiger partial charge in [-0.15, -0.1) is 0 Å². The SMILES string of the molecule is CCOc1c(CCC(N)=O)cccc1OC. The van der Waals surface area contributed by atoms with Crippen molar-refractivity contribution in [3.63, 3.8) is 0 Å². The molecule has 0 atom stereocenters. The number of amides is 1. The van der Waals surface area contributed by atoms with E-state index >= 15 is 0 Å². The fourth-order valence-electron chi connectivity index (χ4n) is 1.48. The zero-order chi connectivity index (χ0) is 12.0. The maximum Gasteiger partial charge on any atom is 0.217 e. The summed E-state index contributed by atoms with van der Waals surface area (Å²) in [6.45, 7) is 2.47. The lowest BCUT2D eigenvalue weighted by Gasteiger charge is -2.13. The van der Waals surface area contributed by atoms with Crippen LogP contribution in [0.4, 0.5) is 0 Å². The maximum atomic E-state index is 10.7. The summed E-state index contributed by atoms with van der Waals surface area (Å²) in [5.74, 6) is 1.07. The zero-order valence-corrected chi connectivity index (χ0v) is 9.66. The second-order valence-electron chi connectivity index (χ2n) is 3.35. The van der Waals surface area contributed by atoms with Crippen LogP contribution in [0.1, 0.15) is 18.9 Å². The first-order chi connectivity index (χ1) is 7.69. The normalized spacial score (nSPS) is 9.88. The number of ether oxygens (including phenoxy) is 2. The lowest BCUT2D eigenvalue weighted by Crippen LogP contribution is -2.11. The van der Waals surface area contributed by atoms with Gasteiger partial charge in [0.1, 0.15) is 0 Å². The summed E-state index contributed by atoms with van der Waals surface area (Å²) in [7, 11) is 1.59. The third kappa shape index (κ3) is 3.15. The minimum Gasteiger partial charge on any atom is -0.493 e. The molecule has 2 N–H and O–H groups in total. The molecule has 0 spiro atoms. The van der Waals surface area contributed by atoms with Crippen LogP contribution in [0.5, 0.6) is 11.5 Å². The van der Waals surface area contributed by atoms with Crippen LogP contribution in [0.3, 0.4) is 0 Å². The van der Waals surface area contributed by atoms with Gasteiger partial charge in [-0.1, -0.05) is 12.1 Å². The predicted molar refractivity (Wildman–Crippen MR) is 61.7 cm³/mol. The first kappa shape index (κ1) is 12.4. The maximum absolute atomic E-state index is 10.7. The summed E-state index contributed by atoms with van der Waals surface area (Å²) < 4.78 is 10.7. The lowest BCUT2D eigenvalue weighted by atomic mass is 10.1. The van der Waals surface area contributed by atoms with E-state index in [1.807, 2.05) is 25.1 Å². The smallest absolute Gasteiger partial charge is 0.217 e. The van der Waals surface area contributed by atoms with Crippen LogP contribution in [0, 0.1) is 0 Å². The highest BCUT2D eigenvalue weighted by Gasteiger charge is 2.10. The molecule has 16 heavy (non-hydrogen) atoms. The van der Waals surface area contributed by atoms with Crippen molar-refractivity contribution in [1.82, 2.24) is 0 Å². The Morgan fingerprint density at radius 1 is 1.44 bits per heavy atom. The number of rotatable bonds is 6. The first-order valence-corrected chi connectivity index (χ1v) is 5.26. The molecule has 0 bridgehead atoms. The van der Waals surface area contributed by atoms with E-state index in [4.69, 9.17) is 15.2 Å². The van der Waals surface area contributed by atoms with Crippen LogP contribution in [-0.2, 0) is 11.2 Å². The van der Waals surface area contributed by atoms with Crippen molar-refractivity contribution in [2.75, 3.05) is 13.7 Å². The average Bonchev–Trinajstić information content (AvgIpc) is 2.27. The van der Waals surface area contributed by atoms with Crippen molar-refractivity contribution in [3.05, 3.63) is 23.8 Å². The molecule has 1 rings (SSSR count). The molecule has 88 valence electrons. The number of hydrogen-bond donors (Lipinski definition) is 1. The van der Waals surface area contributed by atoms with Gasteiger partial charge in [0.05, 0.1) is 13.7 Å². The Balaban J connectivity index is 2.92. The standard InChI is InChI=1S/C12H17NO3/c1-3-16-12-9(7-8-11(13)14)5-4-6-10(12)15-2/h4-6H,3,7-8H2,1-2H3,(H2,13,14). The topological polar surface area (TPSA) is 61.5 Å². The molecule has 0 heterocycles. The van der Waals surface area contributed by atoms with Crippen molar-refractivity contribution in [2.45, 2.75) is 19.8 Å². The van der Waals surface area contributed by atoms with Gasteiger partial charge in [0, 0.05) is 6.42 Å². The Morgan fingerprint density at radius 3 is 2.75 bits per heavy atom. The van der Waals surface area contributed by atoms with Gasteiger partial charge in [0.15, 0.2) is 11.5 Å². The highest BCUT2D eigenvalue weighted by molar-refractivity contribution is 5.74. The number of para-hydroxylation sites is 1. The molecule has 0 aliphatic rings. The van der Waals surface area contributed by atoms with Gasteiger partial charge >= 0.3 is 0 Å². The quantitative estimate of drug-likeness (QED) is 0.795. The van der Waals surface area contributed by atoms with Crippen molar-refractivity contribution in [2.24, 2.45) is 5.73 Å². The summed E-state index contributed by atoms with van der Waals surface area (Å²) in [5.41, 5.74) is 6.07. The lowest BCUT2D eigenvalue weighted by molar-refractivity contribution is -0.117. The number of methoxy groups -OCH3 is 1. The summed E-state index contributed by atoms with van der Waals surface area (Å²) >= 11 is 0. The molecule has 0 saturated carbocycles. The minimum absolute atomic E-state index is 0.313.